The molecule has 1 saturated heterocycles. The zero-order chi connectivity index (χ0) is 18.8. The van der Waals surface area contributed by atoms with E-state index < -0.39 is 5.92 Å². The highest BCUT2D eigenvalue weighted by Gasteiger charge is 2.35. The van der Waals surface area contributed by atoms with Crippen LogP contribution < -0.4 is 10.2 Å². The molecule has 10 heteroatoms. The van der Waals surface area contributed by atoms with Gasteiger partial charge in [0.15, 0.2) is 5.82 Å². The largest absolute Gasteiger partial charge is 0.312 e. The lowest BCUT2D eigenvalue weighted by Crippen LogP contribution is -2.28. The minimum absolute atomic E-state index is 0.0840. The summed E-state index contributed by atoms with van der Waals surface area (Å²) in [6, 6.07) is 9.03. The third-order valence-corrected chi connectivity index (χ3v) is 4.67. The van der Waals surface area contributed by atoms with E-state index in [2.05, 4.69) is 41.3 Å². The van der Waals surface area contributed by atoms with E-state index in [9.17, 15) is 9.59 Å². The molecule has 2 aromatic heterocycles. The summed E-state index contributed by atoms with van der Waals surface area (Å²) < 4.78 is 2.34. The summed E-state index contributed by atoms with van der Waals surface area (Å²) in [5.74, 6) is 0.0227. The Bertz CT molecular complexity index is 992. The molecule has 1 atom stereocenters. The second-order valence-corrected chi connectivity index (χ2v) is 6.89. The zero-order valence-corrected chi connectivity index (χ0v) is 15.6. The molecule has 2 amide bonds. The minimum Gasteiger partial charge on any atom is -0.312 e. The number of carbonyl (C=O) groups excluding carboxylic acids is 2. The number of nitrogens with zero attached hydrogens (tertiary/aromatic N) is 6. The average Bonchev–Trinajstić information content (AvgIpc) is 3.32. The molecule has 0 saturated carbocycles. The molecule has 3 heterocycles. The number of anilines is 2. The van der Waals surface area contributed by atoms with Gasteiger partial charge in [0.25, 0.3) is 0 Å². The molecule has 27 heavy (non-hydrogen) atoms. The van der Waals surface area contributed by atoms with Crippen molar-refractivity contribution >= 4 is 39.2 Å². The molecule has 1 fully saturated rings. The van der Waals surface area contributed by atoms with Crippen LogP contribution in [0.25, 0.3) is 5.82 Å². The predicted molar refractivity (Wildman–Crippen MR) is 100 cm³/mol. The van der Waals surface area contributed by atoms with Gasteiger partial charge < -0.3 is 10.2 Å². The highest BCUT2D eigenvalue weighted by molar-refractivity contribution is 9.10. The molecule has 0 bridgehead atoms. The maximum Gasteiger partial charge on any atom is 0.230 e. The van der Waals surface area contributed by atoms with E-state index in [1.807, 2.05) is 24.3 Å². The number of rotatable bonds is 4. The fourth-order valence-electron chi connectivity index (χ4n) is 2.87. The predicted octanol–water partition coefficient (Wildman–Crippen LogP) is 1.81. The van der Waals surface area contributed by atoms with Crippen LogP contribution in [0, 0.1) is 5.92 Å². The van der Waals surface area contributed by atoms with Crippen molar-refractivity contribution < 1.29 is 9.59 Å². The van der Waals surface area contributed by atoms with Gasteiger partial charge in [0.1, 0.15) is 24.8 Å². The third-order valence-electron chi connectivity index (χ3n) is 4.17. The van der Waals surface area contributed by atoms with Gasteiger partial charge in [-0.25, -0.2) is 19.6 Å². The Morgan fingerprint density at radius 1 is 1.22 bits per heavy atom. The van der Waals surface area contributed by atoms with E-state index in [4.69, 9.17) is 0 Å². The molecule has 3 aromatic rings. The van der Waals surface area contributed by atoms with Crippen LogP contribution in [0.4, 0.5) is 11.5 Å². The van der Waals surface area contributed by atoms with Gasteiger partial charge in [0.2, 0.25) is 11.8 Å². The normalized spacial score (nSPS) is 16.6. The van der Waals surface area contributed by atoms with Crippen molar-refractivity contribution in [2.45, 2.75) is 6.42 Å². The second kappa shape index (κ2) is 7.23. The van der Waals surface area contributed by atoms with E-state index in [-0.39, 0.29) is 18.2 Å². The lowest BCUT2D eigenvalue weighted by atomic mass is 10.1. The molecule has 0 aliphatic carbocycles. The van der Waals surface area contributed by atoms with Crippen molar-refractivity contribution in [1.29, 1.82) is 0 Å². The van der Waals surface area contributed by atoms with Crippen LogP contribution in [-0.4, -0.2) is 43.1 Å². The fourth-order valence-corrected chi connectivity index (χ4v) is 3.26. The fraction of sp³-hybridized carbons (Fsp3) is 0.176. The Morgan fingerprint density at radius 3 is 2.89 bits per heavy atom. The molecule has 4 rings (SSSR count). The summed E-state index contributed by atoms with van der Waals surface area (Å²) >= 11 is 3.40. The van der Waals surface area contributed by atoms with Gasteiger partial charge in [0, 0.05) is 29.2 Å². The average molecular weight is 428 g/mol. The standard InChI is InChI=1S/C17H14BrN7O2/c18-12-2-1-3-13(5-12)24-7-11(4-16(24)26)17(27)23-14-6-15(21-9-20-14)25-10-19-8-22-25/h1-3,5-6,8-11H,4,7H2,(H,20,21,23,27). The lowest BCUT2D eigenvalue weighted by molar-refractivity contribution is -0.122. The summed E-state index contributed by atoms with van der Waals surface area (Å²) in [5.41, 5.74) is 0.764. The van der Waals surface area contributed by atoms with Crippen LogP contribution in [0.15, 0.2) is 53.8 Å². The van der Waals surface area contributed by atoms with E-state index in [0.29, 0.717) is 18.2 Å². The first kappa shape index (κ1) is 17.3. The van der Waals surface area contributed by atoms with Gasteiger partial charge in [-0.15, -0.1) is 0 Å². The lowest BCUT2D eigenvalue weighted by Gasteiger charge is -2.17. The summed E-state index contributed by atoms with van der Waals surface area (Å²) in [6.45, 7) is 0.322. The van der Waals surface area contributed by atoms with E-state index in [1.165, 1.54) is 23.7 Å². The smallest absolute Gasteiger partial charge is 0.230 e. The van der Waals surface area contributed by atoms with Crippen molar-refractivity contribution in [3.8, 4) is 5.82 Å². The maximum atomic E-state index is 12.6. The summed E-state index contributed by atoms with van der Waals surface area (Å²) in [7, 11) is 0. The minimum atomic E-state index is -0.457. The number of hydrogen-bond donors (Lipinski definition) is 1. The monoisotopic (exact) mass is 427 g/mol. The van der Waals surface area contributed by atoms with Gasteiger partial charge in [-0.1, -0.05) is 22.0 Å². The molecule has 0 spiro atoms. The maximum absolute atomic E-state index is 12.6. The van der Waals surface area contributed by atoms with Gasteiger partial charge in [-0.2, -0.15) is 5.10 Å². The molecule has 1 aromatic carbocycles. The Hall–Kier alpha value is -3.14. The quantitative estimate of drug-likeness (QED) is 0.680. The summed E-state index contributed by atoms with van der Waals surface area (Å²) in [5, 5.41) is 6.74. The Kier molecular flexibility index (Phi) is 4.63. The van der Waals surface area contributed by atoms with E-state index >= 15 is 0 Å². The highest BCUT2D eigenvalue weighted by atomic mass is 79.9. The van der Waals surface area contributed by atoms with Gasteiger partial charge >= 0.3 is 0 Å². The number of halogens is 1. The van der Waals surface area contributed by atoms with E-state index in [1.54, 1.807) is 11.0 Å². The van der Waals surface area contributed by atoms with E-state index in [0.717, 1.165) is 10.2 Å². The molecular weight excluding hydrogens is 414 g/mol. The van der Waals surface area contributed by atoms with Crippen LogP contribution >= 0.6 is 15.9 Å². The van der Waals surface area contributed by atoms with Crippen LogP contribution in [0.2, 0.25) is 0 Å². The van der Waals surface area contributed by atoms with Crippen LogP contribution in [0.5, 0.6) is 0 Å². The molecule has 1 N–H and O–H groups in total. The first-order valence-electron chi connectivity index (χ1n) is 8.14. The van der Waals surface area contributed by atoms with Gasteiger partial charge in [0.05, 0.1) is 5.92 Å². The van der Waals surface area contributed by atoms with Crippen molar-refractivity contribution in [2.24, 2.45) is 5.92 Å². The molecule has 0 radical (unpaired) electrons. The van der Waals surface area contributed by atoms with Crippen molar-refractivity contribution in [1.82, 2.24) is 24.7 Å². The van der Waals surface area contributed by atoms with Crippen LogP contribution in [0.1, 0.15) is 6.42 Å². The third kappa shape index (κ3) is 3.70. The van der Waals surface area contributed by atoms with Crippen molar-refractivity contribution in [3.63, 3.8) is 0 Å². The molecule has 1 aliphatic rings. The Balaban J connectivity index is 1.46. The molecule has 136 valence electrons. The topological polar surface area (TPSA) is 106 Å². The number of nitrogens with one attached hydrogen (secondary N) is 1. The van der Waals surface area contributed by atoms with Gasteiger partial charge in [-0.05, 0) is 18.2 Å². The summed E-state index contributed by atoms with van der Waals surface area (Å²) in [6.07, 6.45) is 4.38. The van der Waals surface area contributed by atoms with Crippen LogP contribution in [0.3, 0.4) is 0 Å². The van der Waals surface area contributed by atoms with Crippen molar-refractivity contribution in [3.05, 3.63) is 53.8 Å². The molecule has 1 aliphatic heterocycles. The number of hydrogen-bond acceptors (Lipinski definition) is 6. The zero-order valence-electron chi connectivity index (χ0n) is 14.0. The number of amides is 2. The van der Waals surface area contributed by atoms with Crippen molar-refractivity contribution in [2.75, 3.05) is 16.8 Å². The Labute approximate surface area is 162 Å². The number of aromatic nitrogens is 5. The highest BCUT2D eigenvalue weighted by Crippen LogP contribution is 2.27. The first-order valence-corrected chi connectivity index (χ1v) is 8.93. The summed E-state index contributed by atoms with van der Waals surface area (Å²) in [4.78, 5) is 38.6. The first-order chi connectivity index (χ1) is 13.1. The number of carbonyl (C=O) groups is 2. The second-order valence-electron chi connectivity index (χ2n) is 5.98. The molecular formula is C17H14BrN7O2. The molecule has 9 nitrogen and oxygen atoms in total. The van der Waals surface area contributed by atoms with Crippen LogP contribution in [-0.2, 0) is 9.59 Å². The van der Waals surface area contributed by atoms with Gasteiger partial charge in [-0.3, -0.25) is 9.59 Å². The SMILES string of the molecule is O=C(Nc1cc(-n2cncn2)ncn1)C1CC(=O)N(c2cccc(Br)c2)C1. The molecule has 1 unspecified atom stereocenters. The Morgan fingerprint density at radius 2 is 2.11 bits per heavy atom. The number of benzene rings is 1.